The van der Waals surface area contributed by atoms with Gasteiger partial charge < -0.3 is 5.73 Å². The van der Waals surface area contributed by atoms with Crippen molar-refractivity contribution in [3.05, 3.63) is 30.3 Å². The number of hydrogen-bond donors (Lipinski definition) is 1. The van der Waals surface area contributed by atoms with Gasteiger partial charge in [0, 0.05) is 6.54 Å². The number of nitrogens with two attached hydrogens (primary N) is 1. The molecule has 1 aromatic rings. The van der Waals surface area contributed by atoms with E-state index in [0.717, 1.165) is 25.7 Å². The molecule has 94 valence electrons. The molecule has 1 unspecified atom stereocenters. The highest BCUT2D eigenvalue weighted by atomic mass is 32.2. The van der Waals surface area contributed by atoms with Crippen LogP contribution in [0.1, 0.15) is 25.7 Å². The van der Waals surface area contributed by atoms with Gasteiger partial charge in [-0.15, -0.1) is 0 Å². The van der Waals surface area contributed by atoms with Gasteiger partial charge in [0.25, 0.3) is 0 Å². The lowest BCUT2D eigenvalue weighted by Gasteiger charge is -2.21. The van der Waals surface area contributed by atoms with Gasteiger partial charge in [-0.2, -0.15) is 0 Å². The maximum atomic E-state index is 12.5. The minimum Gasteiger partial charge on any atom is -0.329 e. The van der Waals surface area contributed by atoms with Gasteiger partial charge in [-0.1, -0.05) is 31.0 Å². The van der Waals surface area contributed by atoms with E-state index in [1.54, 1.807) is 24.3 Å². The molecule has 1 aliphatic rings. The molecule has 0 saturated heterocycles. The van der Waals surface area contributed by atoms with Crippen LogP contribution in [0.5, 0.6) is 0 Å². The van der Waals surface area contributed by atoms with Crippen LogP contribution in [0.15, 0.2) is 35.2 Å². The van der Waals surface area contributed by atoms with Crippen molar-refractivity contribution in [3.63, 3.8) is 0 Å². The predicted molar refractivity (Wildman–Crippen MR) is 68.4 cm³/mol. The van der Waals surface area contributed by atoms with Crippen LogP contribution < -0.4 is 5.73 Å². The van der Waals surface area contributed by atoms with Gasteiger partial charge in [0.15, 0.2) is 9.84 Å². The first kappa shape index (κ1) is 12.6. The lowest BCUT2D eigenvalue weighted by molar-refractivity contribution is 0.486. The zero-order chi connectivity index (χ0) is 12.3. The number of benzene rings is 1. The largest absolute Gasteiger partial charge is 0.329 e. The molecule has 1 saturated carbocycles. The van der Waals surface area contributed by atoms with Crippen molar-refractivity contribution in [2.24, 2.45) is 11.7 Å². The number of rotatable bonds is 4. The van der Waals surface area contributed by atoms with Crippen molar-refractivity contribution in [2.75, 3.05) is 6.54 Å². The molecule has 1 aliphatic carbocycles. The Kier molecular flexibility index (Phi) is 3.84. The third kappa shape index (κ3) is 2.53. The molecule has 2 rings (SSSR count). The molecule has 0 radical (unpaired) electrons. The summed E-state index contributed by atoms with van der Waals surface area (Å²) < 4.78 is 24.9. The van der Waals surface area contributed by atoms with Crippen LogP contribution in [0, 0.1) is 5.92 Å². The second-order valence-electron chi connectivity index (χ2n) is 4.68. The van der Waals surface area contributed by atoms with E-state index in [4.69, 9.17) is 5.73 Å². The van der Waals surface area contributed by atoms with Crippen LogP contribution in [0.4, 0.5) is 0 Å². The predicted octanol–water partition coefficient (Wildman–Crippen LogP) is 1.98. The van der Waals surface area contributed by atoms with Crippen molar-refractivity contribution >= 4 is 9.84 Å². The van der Waals surface area contributed by atoms with E-state index in [1.807, 2.05) is 6.07 Å². The molecule has 0 amide bonds. The van der Waals surface area contributed by atoms with Crippen molar-refractivity contribution in [1.29, 1.82) is 0 Å². The van der Waals surface area contributed by atoms with E-state index in [0.29, 0.717) is 4.90 Å². The van der Waals surface area contributed by atoms with Crippen LogP contribution in [-0.4, -0.2) is 20.2 Å². The molecular formula is C13H19NO2S. The summed E-state index contributed by atoms with van der Waals surface area (Å²) in [6.07, 6.45) is 4.25. The molecule has 4 heteroatoms. The first-order chi connectivity index (χ1) is 8.16. The van der Waals surface area contributed by atoms with Crippen LogP contribution in [0.2, 0.25) is 0 Å². The normalized spacial score (nSPS) is 19.4. The van der Waals surface area contributed by atoms with Crippen LogP contribution >= 0.6 is 0 Å². The maximum absolute atomic E-state index is 12.5. The zero-order valence-corrected chi connectivity index (χ0v) is 10.7. The van der Waals surface area contributed by atoms with Crippen LogP contribution in [0.3, 0.4) is 0 Å². The Hall–Kier alpha value is -0.870. The SMILES string of the molecule is NCC(C1CCCC1)S(=O)(=O)c1ccccc1. The average Bonchev–Trinajstić information content (AvgIpc) is 2.84. The van der Waals surface area contributed by atoms with Crippen LogP contribution in [-0.2, 0) is 9.84 Å². The molecule has 2 N–H and O–H groups in total. The summed E-state index contributed by atoms with van der Waals surface area (Å²) in [5.41, 5.74) is 5.70. The highest BCUT2D eigenvalue weighted by Crippen LogP contribution is 2.33. The highest BCUT2D eigenvalue weighted by molar-refractivity contribution is 7.92. The molecule has 0 bridgehead atoms. The zero-order valence-electron chi connectivity index (χ0n) is 9.88. The van der Waals surface area contributed by atoms with Crippen molar-refractivity contribution in [2.45, 2.75) is 35.8 Å². The molecule has 0 heterocycles. The quantitative estimate of drug-likeness (QED) is 0.892. The summed E-state index contributed by atoms with van der Waals surface area (Å²) in [5.74, 6) is 0.241. The summed E-state index contributed by atoms with van der Waals surface area (Å²) in [5, 5.41) is -0.410. The monoisotopic (exact) mass is 253 g/mol. The highest BCUT2D eigenvalue weighted by Gasteiger charge is 2.34. The second-order valence-corrected chi connectivity index (χ2v) is 6.84. The molecular weight excluding hydrogens is 234 g/mol. The van der Waals surface area contributed by atoms with E-state index in [1.165, 1.54) is 0 Å². The molecule has 1 aromatic carbocycles. The van der Waals surface area contributed by atoms with Gasteiger partial charge in [0.1, 0.15) is 0 Å². The Morgan fingerprint density at radius 2 is 1.76 bits per heavy atom. The molecule has 0 spiro atoms. The van der Waals surface area contributed by atoms with E-state index < -0.39 is 15.1 Å². The Balaban J connectivity index is 2.29. The molecule has 1 atom stereocenters. The first-order valence-electron chi connectivity index (χ1n) is 6.15. The van der Waals surface area contributed by atoms with E-state index in [-0.39, 0.29) is 12.5 Å². The Labute approximate surface area is 103 Å². The Morgan fingerprint density at radius 3 is 2.29 bits per heavy atom. The third-order valence-electron chi connectivity index (χ3n) is 3.63. The van der Waals surface area contributed by atoms with Crippen LogP contribution in [0.25, 0.3) is 0 Å². The van der Waals surface area contributed by atoms with E-state index in [9.17, 15) is 8.42 Å². The van der Waals surface area contributed by atoms with E-state index >= 15 is 0 Å². The van der Waals surface area contributed by atoms with Gasteiger partial charge in [0.2, 0.25) is 0 Å². The molecule has 17 heavy (non-hydrogen) atoms. The summed E-state index contributed by atoms with van der Waals surface area (Å²) in [4.78, 5) is 0.405. The molecule has 1 fully saturated rings. The van der Waals surface area contributed by atoms with Crippen molar-refractivity contribution in [3.8, 4) is 0 Å². The summed E-state index contributed by atoms with van der Waals surface area (Å²) in [6.45, 7) is 0.224. The summed E-state index contributed by atoms with van der Waals surface area (Å²) >= 11 is 0. The van der Waals surface area contributed by atoms with Gasteiger partial charge in [0.05, 0.1) is 10.1 Å². The molecule has 0 aromatic heterocycles. The van der Waals surface area contributed by atoms with Gasteiger partial charge >= 0.3 is 0 Å². The summed E-state index contributed by atoms with van der Waals surface area (Å²) in [6, 6.07) is 8.66. The van der Waals surface area contributed by atoms with Gasteiger partial charge in [-0.25, -0.2) is 8.42 Å². The first-order valence-corrected chi connectivity index (χ1v) is 7.70. The van der Waals surface area contributed by atoms with Crippen molar-refractivity contribution < 1.29 is 8.42 Å². The Morgan fingerprint density at radius 1 is 1.18 bits per heavy atom. The van der Waals surface area contributed by atoms with Crippen molar-refractivity contribution in [1.82, 2.24) is 0 Å². The standard InChI is InChI=1S/C13H19NO2S/c14-10-13(11-6-4-5-7-11)17(15,16)12-8-2-1-3-9-12/h1-3,8-9,11,13H,4-7,10,14H2. The lowest BCUT2D eigenvalue weighted by atomic mass is 10.0. The maximum Gasteiger partial charge on any atom is 0.182 e. The molecule has 3 nitrogen and oxygen atoms in total. The smallest absolute Gasteiger partial charge is 0.182 e. The third-order valence-corrected chi connectivity index (χ3v) is 5.93. The fourth-order valence-corrected chi connectivity index (χ4v) is 4.60. The van der Waals surface area contributed by atoms with E-state index in [2.05, 4.69) is 0 Å². The lowest BCUT2D eigenvalue weighted by Crippen LogP contribution is -2.35. The number of hydrogen-bond acceptors (Lipinski definition) is 3. The second kappa shape index (κ2) is 5.19. The topological polar surface area (TPSA) is 60.2 Å². The fraction of sp³-hybridized carbons (Fsp3) is 0.538. The average molecular weight is 253 g/mol. The van der Waals surface area contributed by atoms with Gasteiger partial charge in [-0.3, -0.25) is 0 Å². The minimum absolute atomic E-state index is 0.224. The fourth-order valence-electron chi connectivity index (χ4n) is 2.69. The van der Waals surface area contributed by atoms with Gasteiger partial charge in [-0.05, 0) is 30.9 Å². The summed E-state index contributed by atoms with van der Waals surface area (Å²) in [7, 11) is -3.26. The number of sulfone groups is 1. The molecule has 0 aliphatic heterocycles. The Bertz CT molecular complexity index is 450. The minimum atomic E-state index is -3.26.